The van der Waals surface area contributed by atoms with E-state index in [1.165, 1.54) is 0 Å². The highest BCUT2D eigenvalue weighted by Gasteiger charge is 2.23. The predicted molar refractivity (Wildman–Crippen MR) is 124 cm³/mol. The molecular weight excluding hydrogens is 390 g/mol. The van der Waals surface area contributed by atoms with Crippen LogP contribution in [0.1, 0.15) is 24.3 Å². The van der Waals surface area contributed by atoms with Gasteiger partial charge in [-0.2, -0.15) is 0 Å². The molecule has 0 saturated carbocycles. The van der Waals surface area contributed by atoms with Gasteiger partial charge in [0.05, 0.1) is 24.6 Å². The quantitative estimate of drug-likeness (QED) is 0.509. The lowest BCUT2D eigenvalue weighted by Gasteiger charge is -2.32. The first kappa shape index (κ1) is 21.1. The highest BCUT2D eigenvalue weighted by Crippen LogP contribution is 2.24. The molecule has 1 aliphatic rings. The summed E-state index contributed by atoms with van der Waals surface area (Å²) in [6.07, 6.45) is -0.127. The van der Waals surface area contributed by atoms with Gasteiger partial charge in [-0.3, -0.25) is 14.4 Å². The number of aromatic nitrogens is 2. The Kier molecular flexibility index (Phi) is 6.34. The Bertz CT molecular complexity index is 1100. The van der Waals surface area contributed by atoms with Crippen molar-refractivity contribution < 1.29 is 4.74 Å². The SMILES string of the molecule is C/C(=N/C(c1ccccc1)N1CCOCC1)Nc1c(C)n(C)n(-c2ccccc2)c1=O. The van der Waals surface area contributed by atoms with Crippen molar-refractivity contribution in [2.75, 3.05) is 31.6 Å². The largest absolute Gasteiger partial charge is 0.379 e. The number of amidine groups is 1. The molecule has 1 unspecified atom stereocenters. The predicted octanol–water partition coefficient (Wildman–Crippen LogP) is 3.35. The highest BCUT2D eigenvalue weighted by atomic mass is 16.5. The van der Waals surface area contributed by atoms with E-state index >= 15 is 0 Å². The van der Waals surface area contributed by atoms with E-state index in [1.807, 2.05) is 74.1 Å². The Morgan fingerprint density at radius 2 is 1.65 bits per heavy atom. The molecule has 0 aliphatic carbocycles. The molecule has 7 heteroatoms. The lowest BCUT2D eigenvalue weighted by molar-refractivity contribution is 0.0179. The second-order valence-corrected chi connectivity index (χ2v) is 7.71. The fourth-order valence-electron chi connectivity index (χ4n) is 3.92. The maximum absolute atomic E-state index is 13.2. The van der Waals surface area contributed by atoms with E-state index in [0.29, 0.717) is 24.7 Å². The van der Waals surface area contributed by atoms with E-state index in [-0.39, 0.29) is 11.7 Å². The summed E-state index contributed by atoms with van der Waals surface area (Å²) in [6, 6.07) is 19.9. The van der Waals surface area contributed by atoms with Crippen molar-refractivity contribution in [1.82, 2.24) is 14.3 Å². The molecule has 1 N–H and O–H groups in total. The molecule has 0 spiro atoms. The average Bonchev–Trinajstić information content (AvgIpc) is 3.02. The molecule has 1 atom stereocenters. The minimum atomic E-state index is -0.127. The molecule has 2 heterocycles. The number of rotatable bonds is 5. The van der Waals surface area contributed by atoms with Crippen LogP contribution in [0.15, 0.2) is 70.5 Å². The van der Waals surface area contributed by atoms with Crippen molar-refractivity contribution in [1.29, 1.82) is 0 Å². The maximum atomic E-state index is 13.2. The van der Waals surface area contributed by atoms with Crippen LogP contribution in [-0.4, -0.2) is 46.4 Å². The van der Waals surface area contributed by atoms with E-state index < -0.39 is 0 Å². The Morgan fingerprint density at radius 3 is 2.29 bits per heavy atom. The minimum Gasteiger partial charge on any atom is -0.379 e. The van der Waals surface area contributed by atoms with E-state index in [1.54, 1.807) is 4.68 Å². The molecule has 7 nitrogen and oxygen atoms in total. The fourth-order valence-corrected chi connectivity index (χ4v) is 3.92. The monoisotopic (exact) mass is 419 g/mol. The van der Waals surface area contributed by atoms with E-state index in [9.17, 15) is 4.79 Å². The molecule has 4 rings (SSSR count). The van der Waals surface area contributed by atoms with E-state index in [4.69, 9.17) is 9.73 Å². The third-order valence-corrected chi connectivity index (χ3v) is 5.67. The molecule has 3 aromatic rings. The molecule has 1 aromatic heterocycles. The molecule has 162 valence electrons. The molecular formula is C24H29N5O2. The van der Waals surface area contributed by atoms with Gasteiger partial charge in [-0.05, 0) is 31.5 Å². The van der Waals surface area contributed by atoms with Crippen molar-refractivity contribution >= 4 is 11.5 Å². The van der Waals surface area contributed by atoms with Crippen LogP contribution >= 0.6 is 0 Å². The summed E-state index contributed by atoms with van der Waals surface area (Å²) in [7, 11) is 1.89. The standard InChI is InChI=1S/C24H29N5O2/c1-18-22(24(30)29(27(18)3)21-12-8-5-9-13-21)25-19(2)26-23(20-10-6-4-7-11-20)28-14-16-31-17-15-28/h4-13,23H,14-17H2,1-3H3,(H,25,26). The molecule has 1 saturated heterocycles. The molecule has 0 amide bonds. The maximum Gasteiger partial charge on any atom is 0.295 e. The normalized spacial score (nSPS) is 16.3. The molecule has 1 fully saturated rings. The lowest BCUT2D eigenvalue weighted by Crippen LogP contribution is -2.39. The third kappa shape index (κ3) is 4.47. The molecule has 1 aliphatic heterocycles. The van der Waals surface area contributed by atoms with E-state index in [2.05, 4.69) is 22.3 Å². The fraction of sp³-hybridized carbons (Fsp3) is 0.333. The van der Waals surface area contributed by atoms with Crippen LogP contribution in [0.2, 0.25) is 0 Å². The summed E-state index contributed by atoms with van der Waals surface area (Å²) >= 11 is 0. The number of aliphatic imine (C=N–C) groups is 1. The zero-order chi connectivity index (χ0) is 21.8. The summed E-state index contributed by atoms with van der Waals surface area (Å²) in [6.45, 7) is 6.89. The van der Waals surface area contributed by atoms with Crippen LogP contribution in [0.3, 0.4) is 0 Å². The Labute approximate surface area is 182 Å². The van der Waals surface area contributed by atoms with Gasteiger partial charge in [0, 0.05) is 20.1 Å². The van der Waals surface area contributed by atoms with Crippen LogP contribution in [-0.2, 0) is 11.8 Å². The Morgan fingerprint density at radius 1 is 1.03 bits per heavy atom. The summed E-state index contributed by atoms with van der Waals surface area (Å²) in [5.74, 6) is 0.700. The number of hydrogen-bond acceptors (Lipinski definition) is 4. The van der Waals surface area contributed by atoms with Gasteiger partial charge in [0.1, 0.15) is 17.7 Å². The first-order valence-electron chi connectivity index (χ1n) is 10.6. The second-order valence-electron chi connectivity index (χ2n) is 7.71. The summed E-state index contributed by atoms with van der Waals surface area (Å²) in [4.78, 5) is 20.5. The summed E-state index contributed by atoms with van der Waals surface area (Å²) in [5, 5.41) is 3.29. The lowest BCUT2D eigenvalue weighted by atomic mass is 10.1. The van der Waals surface area contributed by atoms with Gasteiger partial charge in [-0.25, -0.2) is 9.67 Å². The number of morpholine rings is 1. The molecule has 0 bridgehead atoms. The third-order valence-electron chi connectivity index (χ3n) is 5.67. The van der Waals surface area contributed by atoms with Crippen molar-refractivity contribution in [2.45, 2.75) is 20.0 Å². The van der Waals surface area contributed by atoms with Gasteiger partial charge in [0.15, 0.2) is 0 Å². The van der Waals surface area contributed by atoms with Gasteiger partial charge in [0.25, 0.3) is 5.56 Å². The van der Waals surface area contributed by atoms with Gasteiger partial charge in [0.2, 0.25) is 0 Å². The number of hydrogen-bond donors (Lipinski definition) is 1. The average molecular weight is 420 g/mol. The van der Waals surface area contributed by atoms with Crippen LogP contribution in [0, 0.1) is 6.92 Å². The van der Waals surface area contributed by atoms with Gasteiger partial charge < -0.3 is 10.1 Å². The van der Waals surface area contributed by atoms with Gasteiger partial charge >= 0.3 is 0 Å². The van der Waals surface area contributed by atoms with Crippen LogP contribution in [0.4, 0.5) is 5.69 Å². The number of ether oxygens (including phenoxy) is 1. The highest BCUT2D eigenvalue weighted by molar-refractivity contribution is 5.94. The van der Waals surface area contributed by atoms with Crippen LogP contribution in [0.25, 0.3) is 5.69 Å². The van der Waals surface area contributed by atoms with Crippen molar-refractivity contribution in [2.24, 2.45) is 12.0 Å². The smallest absolute Gasteiger partial charge is 0.295 e. The molecule has 0 radical (unpaired) electrons. The van der Waals surface area contributed by atoms with Crippen molar-refractivity contribution in [3.63, 3.8) is 0 Å². The zero-order valence-electron chi connectivity index (χ0n) is 18.3. The number of nitrogens with zero attached hydrogens (tertiary/aromatic N) is 4. The summed E-state index contributed by atoms with van der Waals surface area (Å²) < 4.78 is 9.06. The molecule has 2 aromatic carbocycles. The number of nitrogens with one attached hydrogen (secondary N) is 1. The van der Waals surface area contributed by atoms with E-state index in [0.717, 1.165) is 30.0 Å². The number of benzene rings is 2. The summed E-state index contributed by atoms with van der Waals surface area (Å²) in [5.41, 5.74) is 3.25. The molecule has 31 heavy (non-hydrogen) atoms. The van der Waals surface area contributed by atoms with Crippen molar-refractivity contribution in [3.8, 4) is 5.69 Å². The van der Waals surface area contributed by atoms with Crippen LogP contribution in [0.5, 0.6) is 0 Å². The van der Waals surface area contributed by atoms with Crippen molar-refractivity contribution in [3.05, 3.63) is 82.3 Å². The zero-order valence-corrected chi connectivity index (χ0v) is 18.3. The van der Waals surface area contributed by atoms with Crippen LogP contribution < -0.4 is 10.9 Å². The van der Waals surface area contributed by atoms with Gasteiger partial charge in [-0.1, -0.05) is 48.5 Å². The Balaban J connectivity index is 1.66. The first-order chi connectivity index (χ1) is 15.1. The first-order valence-corrected chi connectivity index (χ1v) is 10.6. The van der Waals surface area contributed by atoms with Gasteiger partial charge in [-0.15, -0.1) is 0 Å². The Hall–Kier alpha value is -3.16. The second kappa shape index (κ2) is 9.32. The topological polar surface area (TPSA) is 63.8 Å². The number of anilines is 1. The number of para-hydroxylation sites is 1. The minimum absolute atomic E-state index is 0.0941.